The number of halogens is 1. The zero-order valence-electron chi connectivity index (χ0n) is 9.64. The smallest absolute Gasteiger partial charge is 0.0485 e. The van der Waals surface area contributed by atoms with Crippen molar-refractivity contribution in [3.63, 3.8) is 0 Å². The van der Waals surface area contributed by atoms with Crippen LogP contribution in [0.15, 0.2) is 24.3 Å². The van der Waals surface area contributed by atoms with E-state index in [0.29, 0.717) is 6.54 Å². The van der Waals surface area contributed by atoms with E-state index in [1.165, 1.54) is 0 Å². The molecule has 0 radical (unpaired) electrons. The molecule has 0 aliphatic carbocycles. The fraction of sp³-hybridized carbons (Fsp3) is 0.500. The van der Waals surface area contributed by atoms with Gasteiger partial charge in [-0.05, 0) is 11.6 Å². The fourth-order valence-electron chi connectivity index (χ4n) is 2.18. The molecule has 1 heterocycles. The molecular weight excluding hydrogens is 256 g/mol. The van der Waals surface area contributed by atoms with E-state index < -0.39 is 10.8 Å². The zero-order valence-corrected chi connectivity index (χ0v) is 11.2. The van der Waals surface area contributed by atoms with E-state index in [-0.39, 0.29) is 6.04 Å². The summed E-state index contributed by atoms with van der Waals surface area (Å²) in [4.78, 5) is 2.28. The van der Waals surface area contributed by atoms with Crippen LogP contribution in [0.25, 0.3) is 0 Å². The lowest BCUT2D eigenvalue weighted by Gasteiger charge is -2.34. The summed E-state index contributed by atoms with van der Waals surface area (Å²) < 4.78 is 11.4. The third-order valence-electron chi connectivity index (χ3n) is 3.14. The minimum Gasteiger partial charge on any atom is -0.329 e. The van der Waals surface area contributed by atoms with Crippen LogP contribution in [-0.2, 0) is 10.8 Å². The van der Waals surface area contributed by atoms with Gasteiger partial charge in [0.25, 0.3) is 0 Å². The van der Waals surface area contributed by atoms with Gasteiger partial charge < -0.3 is 5.73 Å². The average Bonchev–Trinajstić information content (AvgIpc) is 2.35. The lowest BCUT2D eigenvalue weighted by atomic mass is 10.1. The van der Waals surface area contributed by atoms with Gasteiger partial charge in [-0.25, -0.2) is 0 Å². The first-order chi connectivity index (χ1) is 8.22. The highest BCUT2D eigenvalue weighted by Gasteiger charge is 2.24. The summed E-state index contributed by atoms with van der Waals surface area (Å²) in [5, 5.41) is 0.759. The highest BCUT2D eigenvalue weighted by atomic mass is 35.5. The van der Waals surface area contributed by atoms with Crippen molar-refractivity contribution in [2.45, 2.75) is 6.04 Å². The van der Waals surface area contributed by atoms with Crippen LogP contribution in [0.2, 0.25) is 5.02 Å². The first kappa shape index (κ1) is 13.0. The Labute approximate surface area is 109 Å². The number of nitrogens with zero attached hydrogens (tertiary/aromatic N) is 1. The molecule has 94 valence electrons. The summed E-state index contributed by atoms with van der Waals surface area (Å²) in [6.07, 6.45) is 0. The second-order valence-corrected chi connectivity index (χ2v) is 6.26. The van der Waals surface area contributed by atoms with Crippen molar-refractivity contribution in [1.82, 2.24) is 4.90 Å². The Balaban J connectivity index is 2.16. The van der Waals surface area contributed by atoms with Crippen molar-refractivity contribution in [3.05, 3.63) is 34.9 Å². The van der Waals surface area contributed by atoms with Gasteiger partial charge in [-0.3, -0.25) is 9.11 Å². The van der Waals surface area contributed by atoms with Crippen molar-refractivity contribution in [2.24, 2.45) is 5.73 Å². The maximum absolute atomic E-state index is 11.4. The Morgan fingerprint density at radius 2 is 2.00 bits per heavy atom. The summed E-state index contributed by atoms with van der Waals surface area (Å²) in [6, 6.07) is 7.95. The van der Waals surface area contributed by atoms with Gasteiger partial charge in [-0.1, -0.05) is 29.8 Å². The molecule has 1 fully saturated rings. The lowest BCUT2D eigenvalue weighted by Crippen LogP contribution is -2.42. The van der Waals surface area contributed by atoms with Gasteiger partial charge >= 0.3 is 0 Å². The number of hydrogen-bond acceptors (Lipinski definition) is 3. The van der Waals surface area contributed by atoms with Gasteiger partial charge in [0.05, 0.1) is 0 Å². The Hall–Kier alpha value is -0.420. The lowest BCUT2D eigenvalue weighted by molar-refractivity contribution is 0.221. The Bertz CT molecular complexity index is 403. The molecule has 3 nitrogen and oxygen atoms in total. The van der Waals surface area contributed by atoms with E-state index in [1.54, 1.807) is 0 Å². The van der Waals surface area contributed by atoms with E-state index in [0.717, 1.165) is 35.2 Å². The molecule has 0 amide bonds. The molecule has 0 saturated carbocycles. The van der Waals surface area contributed by atoms with Crippen LogP contribution in [0, 0.1) is 0 Å². The van der Waals surface area contributed by atoms with Gasteiger partial charge in [0.1, 0.15) is 0 Å². The molecule has 17 heavy (non-hydrogen) atoms. The average molecular weight is 273 g/mol. The van der Waals surface area contributed by atoms with Crippen LogP contribution in [0.1, 0.15) is 11.6 Å². The van der Waals surface area contributed by atoms with Crippen molar-refractivity contribution >= 4 is 22.4 Å². The molecule has 1 aliphatic heterocycles. The molecule has 0 bridgehead atoms. The molecule has 1 aromatic rings. The maximum atomic E-state index is 11.4. The topological polar surface area (TPSA) is 46.3 Å². The quantitative estimate of drug-likeness (QED) is 0.905. The number of benzene rings is 1. The predicted octanol–water partition coefficient (Wildman–Crippen LogP) is 1.40. The van der Waals surface area contributed by atoms with Crippen LogP contribution in [0.5, 0.6) is 0 Å². The van der Waals surface area contributed by atoms with Crippen LogP contribution in [0.3, 0.4) is 0 Å². The highest BCUT2D eigenvalue weighted by Crippen LogP contribution is 2.27. The third-order valence-corrected chi connectivity index (χ3v) is 4.76. The maximum Gasteiger partial charge on any atom is 0.0485 e. The van der Waals surface area contributed by atoms with Crippen molar-refractivity contribution in [1.29, 1.82) is 0 Å². The van der Waals surface area contributed by atoms with Crippen LogP contribution >= 0.6 is 11.6 Å². The van der Waals surface area contributed by atoms with Gasteiger partial charge in [0.15, 0.2) is 0 Å². The Morgan fingerprint density at radius 3 is 2.59 bits per heavy atom. The van der Waals surface area contributed by atoms with Gasteiger partial charge in [0, 0.05) is 53.0 Å². The minimum atomic E-state index is -0.657. The van der Waals surface area contributed by atoms with E-state index in [1.807, 2.05) is 24.3 Å². The van der Waals surface area contributed by atoms with Crippen LogP contribution < -0.4 is 5.73 Å². The van der Waals surface area contributed by atoms with Crippen LogP contribution in [0.4, 0.5) is 0 Å². The molecule has 0 aromatic heterocycles. The van der Waals surface area contributed by atoms with E-state index in [2.05, 4.69) is 4.90 Å². The van der Waals surface area contributed by atoms with Crippen molar-refractivity contribution < 1.29 is 4.21 Å². The summed E-state index contributed by atoms with van der Waals surface area (Å²) in [5.74, 6) is 1.47. The van der Waals surface area contributed by atoms with E-state index in [4.69, 9.17) is 17.3 Å². The second kappa shape index (κ2) is 5.96. The SMILES string of the molecule is NCC(c1ccccc1Cl)N1CCS(=O)CC1. The molecule has 5 heteroatoms. The molecule has 0 spiro atoms. The zero-order chi connectivity index (χ0) is 12.3. The summed E-state index contributed by atoms with van der Waals surface area (Å²) >= 11 is 6.20. The Kier molecular flexibility index (Phi) is 4.56. The molecule has 1 saturated heterocycles. The van der Waals surface area contributed by atoms with Crippen molar-refractivity contribution in [3.8, 4) is 0 Å². The number of hydrogen-bond donors (Lipinski definition) is 1. The minimum absolute atomic E-state index is 0.140. The van der Waals surface area contributed by atoms with Crippen LogP contribution in [-0.4, -0.2) is 40.2 Å². The molecule has 1 aliphatic rings. The van der Waals surface area contributed by atoms with E-state index >= 15 is 0 Å². The first-order valence-corrected chi connectivity index (χ1v) is 7.62. The number of rotatable bonds is 3. The van der Waals surface area contributed by atoms with E-state index in [9.17, 15) is 4.21 Å². The van der Waals surface area contributed by atoms with Gasteiger partial charge in [-0.2, -0.15) is 0 Å². The largest absolute Gasteiger partial charge is 0.329 e. The molecule has 2 rings (SSSR count). The second-order valence-electron chi connectivity index (χ2n) is 4.16. The predicted molar refractivity (Wildman–Crippen MR) is 72.7 cm³/mol. The monoisotopic (exact) mass is 272 g/mol. The Morgan fingerprint density at radius 1 is 1.35 bits per heavy atom. The summed E-state index contributed by atoms with van der Waals surface area (Å²) in [7, 11) is -0.657. The highest BCUT2D eigenvalue weighted by molar-refractivity contribution is 7.85. The standard InChI is InChI=1S/C12H17ClN2OS/c13-11-4-2-1-3-10(11)12(9-14)15-5-7-17(16)8-6-15/h1-4,12H,5-9,14H2. The molecule has 2 N–H and O–H groups in total. The van der Waals surface area contributed by atoms with Crippen molar-refractivity contribution in [2.75, 3.05) is 31.1 Å². The molecule has 1 unspecified atom stereocenters. The first-order valence-electron chi connectivity index (χ1n) is 5.76. The fourth-order valence-corrected chi connectivity index (χ4v) is 3.52. The molecule has 1 aromatic carbocycles. The molecule has 1 atom stereocenters. The number of nitrogens with two attached hydrogens (primary N) is 1. The summed E-state index contributed by atoms with van der Waals surface area (Å²) in [6.45, 7) is 2.20. The molecular formula is C12H17ClN2OS. The third kappa shape index (κ3) is 3.07. The van der Waals surface area contributed by atoms with Gasteiger partial charge in [-0.15, -0.1) is 0 Å². The summed E-state index contributed by atoms with van der Waals surface area (Å²) in [5.41, 5.74) is 6.94. The van der Waals surface area contributed by atoms with Gasteiger partial charge in [0.2, 0.25) is 0 Å². The normalized spacial score (nSPS) is 20.4.